The van der Waals surface area contributed by atoms with Crippen LogP contribution in [0.3, 0.4) is 0 Å². The van der Waals surface area contributed by atoms with Crippen LogP contribution in [0.4, 0.5) is 0 Å². The Bertz CT molecular complexity index is 319. The molecular formula is C11H16N2O3S. The number of hydrogen-bond donors (Lipinski definition) is 0. The van der Waals surface area contributed by atoms with Crippen LogP contribution >= 0.6 is 11.8 Å². The predicted octanol–water partition coefficient (Wildman–Crippen LogP) is 0.655. The molecule has 0 aromatic rings. The van der Waals surface area contributed by atoms with E-state index in [2.05, 4.69) is 4.74 Å². The summed E-state index contributed by atoms with van der Waals surface area (Å²) in [5.74, 6) is 0.473. The molecule has 1 amide bonds. The molecule has 5 nitrogen and oxygen atoms in total. The summed E-state index contributed by atoms with van der Waals surface area (Å²) in [5.41, 5.74) is 0. The van der Waals surface area contributed by atoms with Crippen LogP contribution in [0, 0.1) is 17.2 Å². The second-order valence-corrected chi connectivity index (χ2v) is 4.81. The van der Waals surface area contributed by atoms with Crippen molar-refractivity contribution in [3.63, 3.8) is 0 Å². The maximum Gasteiger partial charge on any atom is 0.308 e. The summed E-state index contributed by atoms with van der Waals surface area (Å²) in [6, 6.07) is 1.99. The average molecular weight is 256 g/mol. The van der Waals surface area contributed by atoms with E-state index in [1.807, 2.05) is 6.07 Å². The summed E-state index contributed by atoms with van der Waals surface area (Å²) in [6.07, 6.45) is 1.34. The molecule has 1 saturated heterocycles. The van der Waals surface area contributed by atoms with Gasteiger partial charge in [0.1, 0.15) is 0 Å². The zero-order chi connectivity index (χ0) is 12.7. The molecule has 1 aliphatic heterocycles. The number of piperidine rings is 1. The fraction of sp³-hybridized carbons (Fsp3) is 0.727. The van der Waals surface area contributed by atoms with Crippen molar-refractivity contribution in [3.05, 3.63) is 0 Å². The van der Waals surface area contributed by atoms with E-state index in [-0.39, 0.29) is 17.8 Å². The third kappa shape index (κ3) is 4.27. The highest BCUT2D eigenvalue weighted by Crippen LogP contribution is 2.19. The molecule has 0 bridgehead atoms. The van der Waals surface area contributed by atoms with E-state index in [1.54, 1.807) is 4.90 Å². The SMILES string of the molecule is COC(=O)C1CCN(C(=O)CSCC#N)CC1. The Morgan fingerprint density at radius 3 is 2.65 bits per heavy atom. The van der Waals surface area contributed by atoms with E-state index in [0.29, 0.717) is 37.4 Å². The molecule has 0 saturated carbocycles. The first kappa shape index (κ1) is 13.8. The molecule has 0 aromatic carbocycles. The van der Waals surface area contributed by atoms with E-state index in [4.69, 9.17) is 5.26 Å². The van der Waals surface area contributed by atoms with Gasteiger partial charge in [-0.1, -0.05) is 0 Å². The Balaban J connectivity index is 2.29. The van der Waals surface area contributed by atoms with Crippen LogP contribution < -0.4 is 0 Å². The fourth-order valence-corrected chi connectivity index (χ4v) is 2.36. The lowest BCUT2D eigenvalue weighted by atomic mass is 9.97. The van der Waals surface area contributed by atoms with Crippen LogP contribution in [0.2, 0.25) is 0 Å². The van der Waals surface area contributed by atoms with Crippen molar-refractivity contribution in [2.24, 2.45) is 5.92 Å². The van der Waals surface area contributed by atoms with Gasteiger partial charge in [0.05, 0.1) is 30.6 Å². The average Bonchev–Trinajstić information content (AvgIpc) is 2.38. The highest BCUT2D eigenvalue weighted by molar-refractivity contribution is 8.00. The number of thioether (sulfide) groups is 1. The number of amides is 1. The molecule has 17 heavy (non-hydrogen) atoms. The van der Waals surface area contributed by atoms with E-state index < -0.39 is 0 Å². The standard InChI is InChI=1S/C11H16N2O3S/c1-16-11(15)9-2-5-13(6-3-9)10(14)8-17-7-4-12/h9H,2-3,5-8H2,1H3. The van der Waals surface area contributed by atoms with Gasteiger partial charge in [0.25, 0.3) is 0 Å². The molecule has 6 heteroatoms. The molecule has 1 heterocycles. The van der Waals surface area contributed by atoms with Gasteiger partial charge in [0.2, 0.25) is 5.91 Å². The molecule has 0 atom stereocenters. The van der Waals surface area contributed by atoms with E-state index >= 15 is 0 Å². The van der Waals surface area contributed by atoms with Crippen molar-refractivity contribution in [2.75, 3.05) is 31.7 Å². The van der Waals surface area contributed by atoms with Crippen molar-refractivity contribution in [1.29, 1.82) is 5.26 Å². The summed E-state index contributed by atoms with van der Waals surface area (Å²) in [6.45, 7) is 1.21. The van der Waals surface area contributed by atoms with Crippen molar-refractivity contribution in [3.8, 4) is 6.07 Å². The first-order valence-corrected chi connectivity index (χ1v) is 6.64. The van der Waals surface area contributed by atoms with Crippen molar-refractivity contribution in [1.82, 2.24) is 4.90 Å². The zero-order valence-corrected chi connectivity index (χ0v) is 10.7. The number of ether oxygens (including phenoxy) is 1. The van der Waals surface area contributed by atoms with Gasteiger partial charge in [-0.25, -0.2) is 0 Å². The number of carbonyl (C=O) groups is 2. The number of nitrogens with zero attached hydrogens (tertiary/aromatic N) is 2. The van der Waals surface area contributed by atoms with Crippen molar-refractivity contribution < 1.29 is 14.3 Å². The van der Waals surface area contributed by atoms with Gasteiger partial charge in [-0.05, 0) is 12.8 Å². The molecule has 1 aliphatic rings. The van der Waals surface area contributed by atoms with Gasteiger partial charge >= 0.3 is 5.97 Å². The monoisotopic (exact) mass is 256 g/mol. The van der Waals surface area contributed by atoms with Gasteiger partial charge in [-0.3, -0.25) is 9.59 Å². The maximum absolute atomic E-state index is 11.7. The lowest BCUT2D eigenvalue weighted by Crippen LogP contribution is -2.41. The van der Waals surface area contributed by atoms with Crippen LogP contribution in [0.25, 0.3) is 0 Å². The largest absolute Gasteiger partial charge is 0.469 e. The minimum Gasteiger partial charge on any atom is -0.469 e. The minimum atomic E-state index is -0.184. The minimum absolute atomic E-state index is 0.0496. The van der Waals surface area contributed by atoms with Crippen LogP contribution in [-0.2, 0) is 14.3 Å². The van der Waals surface area contributed by atoms with Gasteiger partial charge in [0.15, 0.2) is 0 Å². The van der Waals surface area contributed by atoms with Crippen LogP contribution in [0.1, 0.15) is 12.8 Å². The first-order valence-electron chi connectivity index (χ1n) is 5.49. The molecule has 0 unspecified atom stereocenters. The predicted molar refractivity (Wildman–Crippen MR) is 64.3 cm³/mol. The summed E-state index contributed by atoms with van der Waals surface area (Å²) in [4.78, 5) is 24.7. The number of rotatable bonds is 4. The molecule has 0 N–H and O–H groups in total. The number of hydrogen-bond acceptors (Lipinski definition) is 5. The Labute approximate surface area is 105 Å². The lowest BCUT2D eigenvalue weighted by molar-refractivity contribution is -0.148. The number of likely N-dealkylation sites (tertiary alicyclic amines) is 1. The second kappa shape index (κ2) is 7.17. The molecule has 0 aromatic heterocycles. The zero-order valence-electron chi connectivity index (χ0n) is 9.85. The number of esters is 1. The summed E-state index contributed by atoms with van der Waals surface area (Å²) < 4.78 is 4.68. The van der Waals surface area contributed by atoms with Gasteiger partial charge in [-0.2, -0.15) is 5.26 Å². The Morgan fingerprint density at radius 1 is 1.47 bits per heavy atom. The summed E-state index contributed by atoms with van der Waals surface area (Å²) >= 11 is 1.32. The Kier molecular flexibility index (Phi) is 5.84. The molecule has 0 radical (unpaired) electrons. The first-order chi connectivity index (χ1) is 8.19. The molecular weight excluding hydrogens is 240 g/mol. The van der Waals surface area contributed by atoms with E-state index in [0.717, 1.165) is 0 Å². The van der Waals surface area contributed by atoms with E-state index in [1.165, 1.54) is 18.9 Å². The topological polar surface area (TPSA) is 70.4 Å². The van der Waals surface area contributed by atoms with Gasteiger partial charge in [-0.15, -0.1) is 11.8 Å². The van der Waals surface area contributed by atoms with Gasteiger partial charge < -0.3 is 9.64 Å². The molecule has 1 rings (SSSR count). The maximum atomic E-state index is 11.7. The fourth-order valence-electron chi connectivity index (χ4n) is 1.81. The molecule has 0 spiro atoms. The second-order valence-electron chi connectivity index (χ2n) is 3.83. The van der Waals surface area contributed by atoms with Crippen molar-refractivity contribution in [2.45, 2.75) is 12.8 Å². The summed E-state index contributed by atoms with van der Waals surface area (Å²) in [5, 5.41) is 8.37. The van der Waals surface area contributed by atoms with Crippen LogP contribution in [0.5, 0.6) is 0 Å². The Morgan fingerprint density at radius 2 is 2.12 bits per heavy atom. The molecule has 94 valence electrons. The van der Waals surface area contributed by atoms with Crippen molar-refractivity contribution >= 4 is 23.6 Å². The highest BCUT2D eigenvalue weighted by Gasteiger charge is 2.27. The number of nitriles is 1. The lowest BCUT2D eigenvalue weighted by Gasteiger charge is -2.30. The highest BCUT2D eigenvalue weighted by atomic mass is 32.2. The summed E-state index contributed by atoms with van der Waals surface area (Å²) in [7, 11) is 1.39. The van der Waals surface area contributed by atoms with Crippen LogP contribution in [0.15, 0.2) is 0 Å². The van der Waals surface area contributed by atoms with Crippen LogP contribution in [-0.4, -0.2) is 48.5 Å². The molecule has 0 aliphatic carbocycles. The van der Waals surface area contributed by atoms with Gasteiger partial charge in [0, 0.05) is 13.1 Å². The third-order valence-electron chi connectivity index (χ3n) is 2.77. The normalized spacial score (nSPS) is 16.4. The third-order valence-corrected chi connectivity index (χ3v) is 3.56. The number of carbonyl (C=O) groups excluding carboxylic acids is 2. The number of methoxy groups -OCH3 is 1. The quantitative estimate of drug-likeness (QED) is 0.545. The van der Waals surface area contributed by atoms with E-state index in [9.17, 15) is 9.59 Å². The molecule has 1 fully saturated rings. The Hall–Kier alpha value is -1.22. The smallest absolute Gasteiger partial charge is 0.308 e.